The van der Waals surface area contributed by atoms with E-state index >= 15 is 0 Å². The predicted molar refractivity (Wildman–Crippen MR) is 91.7 cm³/mol. The number of nitrogens with two attached hydrogens (primary N) is 1. The van der Waals surface area contributed by atoms with Gasteiger partial charge in [0.15, 0.2) is 5.82 Å². The molecule has 9 heteroatoms. The number of anilines is 3. The van der Waals surface area contributed by atoms with E-state index in [4.69, 9.17) is 5.73 Å². The van der Waals surface area contributed by atoms with Crippen LogP contribution in [-0.4, -0.2) is 63.3 Å². The zero-order chi connectivity index (χ0) is 17.1. The van der Waals surface area contributed by atoms with E-state index < -0.39 is 0 Å². The molecule has 0 saturated carbocycles. The van der Waals surface area contributed by atoms with Gasteiger partial charge >= 0.3 is 0 Å². The Morgan fingerprint density at radius 2 is 2.04 bits per heavy atom. The second-order valence-electron chi connectivity index (χ2n) is 5.91. The number of piperazine rings is 1. The minimum absolute atomic E-state index is 0.0516. The maximum Gasteiger partial charge on any atom is 0.239 e. The summed E-state index contributed by atoms with van der Waals surface area (Å²) in [6, 6.07) is 3.71. The second-order valence-corrected chi connectivity index (χ2v) is 5.91. The number of amides is 1. The fourth-order valence-corrected chi connectivity index (χ4v) is 2.74. The Bertz CT molecular complexity index is 700. The minimum atomic E-state index is -0.0516. The largest absolute Gasteiger partial charge is 0.368 e. The third kappa shape index (κ3) is 3.99. The van der Waals surface area contributed by atoms with Crippen molar-refractivity contribution in [3.63, 3.8) is 0 Å². The Labute approximate surface area is 140 Å². The van der Waals surface area contributed by atoms with E-state index in [0.717, 1.165) is 37.7 Å². The lowest BCUT2D eigenvalue weighted by Gasteiger charge is -2.35. The minimum Gasteiger partial charge on any atom is -0.368 e. The Hall–Kier alpha value is -2.68. The van der Waals surface area contributed by atoms with Crippen LogP contribution in [0.25, 0.3) is 0 Å². The molecule has 3 rings (SSSR count). The fraction of sp³-hybridized carbons (Fsp3) is 0.467. The van der Waals surface area contributed by atoms with Crippen LogP contribution in [0.4, 0.5) is 17.6 Å². The Balaban J connectivity index is 1.50. The summed E-state index contributed by atoms with van der Waals surface area (Å²) in [5.74, 6) is 1.66. The molecule has 24 heavy (non-hydrogen) atoms. The molecule has 2 aromatic rings. The average Bonchev–Trinajstić information content (AvgIpc) is 2.92. The molecule has 0 atom stereocenters. The summed E-state index contributed by atoms with van der Waals surface area (Å²) in [5.41, 5.74) is 6.57. The molecule has 1 saturated heterocycles. The summed E-state index contributed by atoms with van der Waals surface area (Å²) in [4.78, 5) is 24.7. The molecular formula is C15H22N8O. The number of nitrogen functional groups attached to an aromatic ring is 1. The standard InChI is InChI=1S/C15H22N8O/c1-11-9-13(19-15(16)17-11)23-7-5-22(6-8-23)10-14(24)18-12-3-4-21(2)20-12/h3-4,9H,5-8,10H2,1-2H3,(H2,16,17,19)(H,18,20,24). The summed E-state index contributed by atoms with van der Waals surface area (Å²) in [7, 11) is 1.82. The van der Waals surface area contributed by atoms with Gasteiger partial charge in [-0.25, -0.2) is 4.98 Å². The van der Waals surface area contributed by atoms with Crippen LogP contribution in [0.2, 0.25) is 0 Å². The maximum atomic E-state index is 12.1. The highest BCUT2D eigenvalue weighted by atomic mass is 16.2. The highest BCUT2D eigenvalue weighted by Crippen LogP contribution is 2.15. The molecule has 2 aromatic heterocycles. The average molecular weight is 330 g/mol. The monoisotopic (exact) mass is 330 g/mol. The van der Waals surface area contributed by atoms with Crippen molar-refractivity contribution in [3.05, 3.63) is 24.0 Å². The molecule has 0 aliphatic carbocycles. The zero-order valence-corrected chi connectivity index (χ0v) is 13.9. The molecule has 0 unspecified atom stereocenters. The van der Waals surface area contributed by atoms with Gasteiger partial charge in [0, 0.05) is 57.3 Å². The first kappa shape index (κ1) is 16.2. The van der Waals surface area contributed by atoms with Crippen molar-refractivity contribution in [2.75, 3.05) is 48.7 Å². The van der Waals surface area contributed by atoms with Gasteiger partial charge in [-0.2, -0.15) is 10.1 Å². The van der Waals surface area contributed by atoms with Gasteiger partial charge in [-0.15, -0.1) is 0 Å². The van der Waals surface area contributed by atoms with Gasteiger partial charge in [0.05, 0.1) is 6.54 Å². The summed E-state index contributed by atoms with van der Waals surface area (Å²) in [6.07, 6.45) is 1.80. The normalized spacial score (nSPS) is 15.5. The molecule has 9 nitrogen and oxygen atoms in total. The zero-order valence-electron chi connectivity index (χ0n) is 13.9. The lowest BCUT2D eigenvalue weighted by Crippen LogP contribution is -2.49. The van der Waals surface area contributed by atoms with Crippen LogP contribution in [0.3, 0.4) is 0 Å². The van der Waals surface area contributed by atoms with E-state index in [-0.39, 0.29) is 5.91 Å². The highest BCUT2D eigenvalue weighted by molar-refractivity contribution is 5.91. The van der Waals surface area contributed by atoms with E-state index in [1.165, 1.54) is 0 Å². The number of hydrogen-bond acceptors (Lipinski definition) is 7. The van der Waals surface area contributed by atoms with Gasteiger partial charge in [-0.05, 0) is 6.92 Å². The van der Waals surface area contributed by atoms with Crippen molar-refractivity contribution in [3.8, 4) is 0 Å². The van der Waals surface area contributed by atoms with Gasteiger partial charge < -0.3 is 16.0 Å². The lowest BCUT2D eigenvalue weighted by atomic mass is 10.3. The number of carbonyl (C=O) groups excluding carboxylic acids is 1. The molecule has 0 radical (unpaired) electrons. The molecule has 0 bridgehead atoms. The molecule has 0 aromatic carbocycles. The summed E-state index contributed by atoms with van der Waals surface area (Å²) in [5, 5.41) is 6.95. The molecule has 0 spiro atoms. The third-order valence-corrected chi connectivity index (χ3v) is 3.90. The SMILES string of the molecule is Cc1cc(N2CCN(CC(=O)Nc3ccn(C)n3)CC2)nc(N)n1. The third-order valence-electron chi connectivity index (χ3n) is 3.90. The molecule has 3 heterocycles. The van der Waals surface area contributed by atoms with Gasteiger partial charge in [0.2, 0.25) is 11.9 Å². The van der Waals surface area contributed by atoms with Crippen LogP contribution >= 0.6 is 0 Å². The van der Waals surface area contributed by atoms with Crippen LogP contribution in [-0.2, 0) is 11.8 Å². The number of aryl methyl sites for hydroxylation is 2. The van der Waals surface area contributed by atoms with E-state index in [1.807, 2.05) is 20.0 Å². The number of nitrogens with one attached hydrogen (secondary N) is 1. The smallest absolute Gasteiger partial charge is 0.239 e. The molecule has 128 valence electrons. The van der Waals surface area contributed by atoms with Crippen molar-refractivity contribution in [2.24, 2.45) is 7.05 Å². The number of nitrogens with zero attached hydrogens (tertiary/aromatic N) is 6. The van der Waals surface area contributed by atoms with Gasteiger partial charge in [0.25, 0.3) is 0 Å². The number of aromatic nitrogens is 4. The first-order valence-corrected chi connectivity index (χ1v) is 7.87. The molecule has 1 amide bonds. The molecular weight excluding hydrogens is 308 g/mol. The summed E-state index contributed by atoms with van der Waals surface area (Å²) in [6.45, 7) is 5.44. The number of rotatable bonds is 4. The quantitative estimate of drug-likeness (QED) is 0.804. The van der Waals surface area contributed by atoms with E-state index in [9.17, 15) is 4.79 Å². The van der Waals surface area contributed by atoms with E-state index in [1.54, 1.807) is 16.9 Å². The second kappa shape index (κ2) is 6.83. The number of hydrogen-bond donors (Lipinski definition) is 2. The molecule has 1 aliphatic heterocycles. The first-order valence-electron chi connectivity index (χ1n) is 7.87. The summed E-state index contributed by atoms with van der Waals surface area (Å²) >= 11 is 0. The van der Waals surface area contributed by atoms with Crippen LogP contribution in [0.15, 0.2) is 18.3 Å². The lowest BCUT2D eigenvalue weighted by molar-refractivity contribution is -0.117. The van der Waals surface area contributed by atoms with Crippen molar-refractivity contribution in [2.45, 2.75) is 6.92 Å². The Morgan fingerprint density at radius 3 is 2.67 bits per heavy atom. The van der Waals surface area contributed by atoms with Gasteiger partial charge in [-0.3, -0.25) is 14.4 Å². The summed E-state index contributed by atoms with van der Waals surface area (Å²) < 4.78 is 1.66. The topological polar surface area (TPSA) is 105 Å². The molecule has 1 aliphatic rings. The van der Waals surface area contributed by atoms with Crippen LogP contribution in [0.5, 0.6) is 0 Å². The van der Waals surface area contributed by atoms with E-state index in [0.29, 0.717) is 18.3 Å². The Kier molecular flexibility index (Phi) is 4.61. The Morgan fingerprint density at radius 1 is 1.29 bits per heavy atom. The fourth-order valence-electron chi connectivity index (χ4n) is 2.74. The van der Waals surface area contributed by atoms with Crippen LogP contribution < -0.4 is 16.0 Å². The molecule has 1 fully saturated rings. The van der Waals surface area contributed by atoms with Crippen molar-refractivity contribution >= 4 is 23.5 Å². The van der Waals surface area contributed by atoms with Gasteiger partial charge in [-0.1, -0.05) is 0 Å². The van der Waals surface area contributed by atoms with Crippen LogP contribution in [0, 0.1) is 6.92 Å². The first-order chi connectivity index (χ1) is 11.5. The highest BCUT2D eigenvalue weighted by Gasteiger charge is 2.20. The van der Waals surface area contributed by atoms with Gasteiger partial charge in [0.1, 0.15) is 5.82 Å². The van der Waals surface area contributed by atoms with Crippen LogP contribution in [0.1, 0.15) is 5.69 Å². The maximum absolute atomic E-state index is 12.1. The number of carbonyl (C=O) groups is 1. The van der Waals surface area contributed by atoms with Crippen molar-refractivity contribution in [1.82, 2.24) is 24.6 Å². The predicted octanol–water partition coefficient (Wildman–Crippen LogP) is -0.139. The van der Waals surface area contributed by atoms with Crippen molar-refractivity contribution < 1.29 is 4.79 Å². The van der Waals surface area contributed by atoms with E-state index in [2.05, 4.69) is 30.2 Å². The molecule has 3 N–H and O–H groups in total. The van der Waals surface area contributed by atoms with Crippen molar-refractivity contribution in [1.29, 1.82) is 0 Å².